The van der Waals surface area contributed by atoms with Gasteiger partial charge >= 0.3 is 0 Å². The van der Waals surface area contributed by atoms with E-state index in [1.54, 1.807) is 18.2 Å². The van der Waals surface area contributed by atoms with Gasteiger partial charge in [-0.25, -0.2) is 0 Å². The van der Waals surface area contributed by atoms with Crippen LogP contribution < -0.4 is 25.5 Å². The number of benzene rings is 7. The molecule has 68 heavy (non-hydrogen) atoms. The van der Waals surface area contributed by atoms with Crippen LogP contribution in [0, 0.1) is 13.8 Å². The molecule has 11 heteroatoms. The van der Waals surface area contributed by atoms with Gasteiger partial charge in [0.05, 0.1) is 6.07 Å². The molecule has 8 rings (SSSR count). The van der Waals surface area contributed by atoms with E-state index in [1.165, 1.54) is 15.9 Å². The Labute approximate surface area is 410 Å². The van der Waals surface area contributed by atoms with Crippen molar-refractivity contribution in [1.29, 1.82) is 0 Å². The van der Waals surface area contributed by atoms with E-state index in [0.29, 0.717) is 22.5 Å². The van der Waals surface area contributed by atoms with Gasteiger partial charge in [0.2, 0.25) is 11.0 Å². The van der Waals surface area contributed by atoms with Crippen molar-refractivity contribution in [3.05, 3.63) is 186 Å². The van der Waals surface area contributed by atoms with Gasteiger partial charge in [-0.2, -0.15) is 13.0 Å². The van der Waals surface area contributed by atoms with Gasteiger partial charge in [-0.15, -0.1) is 23.5 Å². The third kappa shape index (κ3) is 12.7. The number of anilines is 2. The van der Waals surface area contributed by atoms with E-state index in [2.05, 4.69) is 167 Å². The van der Waals surface area contributed by atoms with Crippen LogP contribution in [0.2, 0.25) is 0 Å². The lowest BCUT2D eigenvalue weighted by atomic mass is 9.93. The van der Waals surface area contributed by atoms with E-state index in [4.69, 9.17) is 4.42 Å². The molecule has 1 heterocycles. The molecule has 0 unspecified atom stereocenters. The molecule has 350 valence electrons. The first-order chi connectivity index (χ1) is 33.2. The lowest BCUT2D eigenvalue weighted by Gasteiger charge is -2.27. The van der Waals surface area contributed by atoms with Crippen molar-refractivity contribution < 1.29 is 17.4 Å². The zero-order chi connectivity index (χ0) is 47.1. The van der Waals surface area contributed by atoms with Crippen LogP contribution in [-0.4, -0.2) is 63.7 Å². The van der Waals surface area contributed by atoms with E-state index in [-0.39, 0.29) is 4.90 Å². The van der Waals surface area contributed by atoms with E-state index in [0.717, 1.165) is 121 Å². The molecule has 0 saturated carbocycles. The molecule has 6 aromatic rings. The molecule has 0 amide bonds. The van der Waals surface area contributed by atoms with E-state index in [1.807, 2.05) is 35.7 Å². The van der Waals surface area contributed by atoms with Gasteiger partial charge in [0.1, 0.15) is 16.2 Å². The lowest BCUT2D eigenvalue weighted by Crippen LogP contribution is -2.29. The summed E-state index contributed by atoms with van der Waals surface area (Å²) < 4.78 is 45.9. The molecule has 8 nitrogen and oxygen atoms in total. The van der Waals surface area contributed by atoms with Gasteiger partial charge in [-0.05, 0) is 124 Å². The lowest BCUT2D eigenvalue weighted by molar-refractivity contribution is 0.483. The highest BCUT2D eigenvalue weighted by Crippen LogP contribution is 2.43. The molecule has 6 aromatic carbocycles. The second-order valence-corrected chi connectivity index (χ2v) is 20.6. The normalized spacial score (nSPS) is 12.2. The first-order valence-electron chi connectivity index (χ1n) is 23.6. The molecule has 1 aliphatic heterocycles. The number of hydrogen-bond donors (Lipinski definition) is 3. The molecule has 0 bridgehead atoms. The zero-order valence-corrected chi connectivity index (χ0v) is 41.4. The number of nitrogens with zero attached hydrogens (tertiary/aromatic N) is 2. The maximum absolute atomic E-state index is 13.0. The van der Waals surface area contributed by atoms with E-state index >= 15 is 0 Å². The third-order valence-corrected chi connectivity index (χ3v) is 15.2. The highest BCUT2D eigenvalue weighted by Gasteiger charge is 2.25. The topological polar surface area (TPSA) is 97.8 Å². The monoisotopic (exact) mass is 961 g/mol. The average molecular weight is 962 g/mol. The van der Waals surface area contributed by atoms with Gasteiger partial charge in [-0.1, -0.05) is 91.0 Å². The summed E-state index contributed by atoms with van der Waals surface area (Å²) in [5, 5.41) is 9.03. The van der Waals surface area contributed by atoms with Crippen LogP contribution in [0.4, 0.5) is 17.1 Å². The first-order valence-corrected chi connectivity index (χ1v) is 27.0. The van der Waals surface area contributed by atoms with Gasteiger partial charge in [0.25, 0.3) is 10.1 Å². The molecule has 0 atom stereocenters. The Balaban J connectivity index is 1.12. The predicted octanol–water partition coefficient (Wildman–Crippen LogP) is 12.6. The minimum atomic E-state index is -4.57. The fourth-order valence-electron chi connectivity index (χ4n) is 8.68. The predicted molar refractivity (Wildman–Crippen MR) is 286 cm³/mol. The number of rotatable bonds is 23. The van der Waals surface area contributed by atoms with Crippen LogP contribution in [0.3, 0.4) is 0 Å². The Hall–Kier alpha value is -5.66. The summed E-state index contributed by atoms with van der Waals surface area (Å²) in [6.45, 7) is 9.47. The summed E-state index contributed by atoms with van der Waals surface area (Å²) in [6, 6.07) is 57.0. The Morgan fingerprint density at radius 2 is 1.21 bits per heavy atom. The number of hydrogen-bond acceptors (Lipinski definition) is 8. The summed E-state index contributed by atoms with van der Waals surface area (Å²) >= 11 is 3.78. The number of para-hydroxylation sites is 2. The van der Waals surface area contributed by atoms with Crippen molar-refractivity contribution in [3.8, 4) is 22.5 Å². The van der Waals surface area contributed by atoms with Crippen LogP contribution in [0.1, 0.15) is 36.8 Å². The number of nitrogens with one attached hydrogen (secondary N) is 2. The molecule has 0 fully saturated rings. The molecule has 0 spiro atoms. The Bertz CT molecular complexity index is 3050. The minimum Gasteiger partial charge on any atom is -0.456 e. The van der Waals surface area contributed by atoms with Crippen molar-refractivity contribution in [3.63, 3.8) is 0 Å². The highest BCUT2D eigenvalue weighted by atomic mass is 32.2. The summed E-state index contributed by atoms with van der Waals surface area (Å²) in [6.07, 6.45) is 4.00. The number of fused-ring (bicyclic) bond motifs is 2. The van der Waals surface area contributed by atoms with Crippen molar-refractivity contribution in [1.82, 2.24) is 15.2 Å². The van der Waals surface area contributed by atoms with Crippen LogP contribution in [0.25, 0.3) is 33.4 Å². The van der Waals surface area contributed by atoms with Crippen molar-refractivity contribution in [2.24, 2.45) is 0 Å². The molecule has 2 aliphatic rings. The highest BCUT2D eigenvalue weighted by molar-refractivity contribution is 7.99. The third-order valence-electron chi connectivity index (χ3n) is 12.0. The maximum Gasteiger partial charge on any atom is 0.295 e. The molecular weight excluding hydrogens is 901 g/mol. The van der Waals surface area contributed by atoms with E-state index < -0.39 is 10.1 Å². The van der Waals surface area contributed by atoms with Crippen molar-refractivity contribution >= 4 is 61.7 Å². The zero-order valence-electron chi connectivity index (χ0n) is 38.9. The summed E-state index contributed by atoms with van der Waals surface area (Å²) in [5.41, 5.74) is 7.96. The molecule has 0 saturated heterocycles. The Morgan fingerprint density at radius 1 is 0.603 bits per heavy atom. The summed E-state index contributed by atoms with van der Waals surface area (Å²) in [5.74, 6) is 2.74. The molecule has 0 aromatic heterocycles. The molecule has 1 aliphatic carbocycles. The number of thioether (sulfide) groups is 2. The quantitative estimate of drug-likeness (QED) is 0.0190. The molecule has 3 N–H and O–H groups in total. The Kier molecular flexibility index (Phi) is 17.3. The SMILES string of the molecule is Cc1ccccc1N(CCCNCCCSc1ccccc1)c1ccc2c(-c3ccccc3S(=O)(=O)O)c3ccc(=[N+](CCCNCCCSc4ccccc4)c4ccccc4C)cc-3oc2c1. The van der Waals surface area contributed by atoms with E-state index in [9.17, 15) is 13.0 Å². The maximum atomic E-state index is 13.0. The van der Waals surface area contributed by atoms with Gasteiger partial charge in [0, 0.05) is 86.5 Å². The summed E-state index contributed by atoms with van der Waals surface area (Å²) in [4.78, 5) is 4.80. The minimum absolute atomic E-state index is 0.151. The second-order valence-electron chi connectivity index (χ2n) is 16.9. The smallest absolute Gasteiger partial charge is 0.295 e. The Morgan fingerprint density at radius 3 is 1.88 bits per heavy atom. The average Bonchev–Trinajstić information content (AvgIpc) is 3.35. The van der Waals surface area contributed by atoms with Crippen molar-refractivity contribution in [2.45, 2.75) is 54.2 Å². The fraction of sp³-hybridized carbons (Fsp3) is 0.246. The van der Waals surface area contributed by atoms with Gasteiger partial charge in [-0.3, -0.25) is 4.55 Å². The standard InChI is InChI=1S/C57H60N4O4S3/c1-43-19-9-12-26-52(43)60(37-15-33-58-35-17-39-66-47-21-5-3-6-22-47)45-29-31-49-54(41-45)65-55-42-46(30-32-50(55)57(49)51-25-11-14-28-56(51)68(62,63)64)61(53-27-13-10-20-44(53)2)38-16-34-59-36-18-40-67-48-23-7-4-8-24-48/h3-14,19-32,41-42,58-59H,15-18,33-40H2,1-2H3/p+1. The second kappa shape index (κ2) is 24.1. The molecule has 0 radical (unpaired) electrons. The number of aryl methyl sites for hydroxylation is 2. The summed E-state index contributed by atoms with van der Waals surface area (Å²) in [7, 11) is -4.57. The van der Waals surface area contributed by atoms with Crippen LogP contribution in [0.5, 0.6) is 0 Å². The fourth-order valence-corrected chi connectivity index (χ4v) is 11.1. The van der Waals surface area contributed by atoms with Crippen LogP contribution in [0.15, 0.2) is 189 Å². The largest absolute Gasteiger partial charge is 0.456 e. The van der Waals surface area contributed by atoms with Gasteiger partial charge < -0.3 is 20.0 Å². The first kappa shape index (κ1) is 48.8. The van der Waals surface area contributed by atoms with Crippen molar-refractivity contribution in [2.75, 3.05) is 55.7 Å². The van der Waals surface area contributed by atoms with Gasteiger partial charge in [0.15, 0.2) is 6.54 Å². The van der Waals surface area contributed by atoms with Crippen LogP contribution in [-0.2, 0) is 10.1 Å². The molecular formula is C57H61N4O4S3+. The van der Waals surface area contributed by atoms with Crippen LogP contribution >= 0.6 is 23.5 Å².